The van der Waals surface area contributed by atoms with Gasteiger partial charge >= 0.3 is 12.0 Å². The van der Waals surface area contributed by atoms with Crippen LogP contribution in [0.1, 0.15) is 29.6 Å². The van der Waals surface area contributed by atoms with Crippen molar-refractivity contribution < 1.29 is 19.4 Å². The lowest BCUT2D eigenvalue weighted by Crippen LogP contribution is -2.47. The zero-order valence-electron chi connectivity index (χ0n) is 12.2. The molecule has 0 spiro atoms. The Labute approximate surface area is 123 Å². The van der Waals surface area contributed by atoms with Crippen LogP contribution in [0, 0.1) is 0 Å². The summed E-state index contributed by atoms with van der Waals surface area (Å²) in [6.07, 6.45) is 2.84. The van der Waals surface area contributed by atoms with Gasteiger partial charge in [0.25, 0.3) is 0 Å². The van der Waals surface area contributed by atoms with Gasteiger partial charge in [-0.15, -0.1) is 0 Å². The number of nitrogens with zero attached hydrogens (tertiary/aromatic N) is 1. The third-order valence-electron chi connectivity index (χ3n) is 3.86. The molecule has 6 nitrogen and oxygen atoms in total. The Bertz CT molecular complexity index is 532. The number of carbonyl (C=O) groups excluding carboxylic acids is 1. The second-order valence-electron chi connectivity index (χ2n) is 5.14. The number of hydrogen-bond donors (Lipinski definition) is 2. The summed E-state index contributed by atoms with van der Waals surface area (Å²) in [6.45, 7) is 0. The molecule has 0 radical (unpaired) electrons. The highest BCUT2D eigenvalue weighted by Gasteiger charge is 2.29. The fraction of sp³-hybridized carbons (Fsp3) is 0.467. The van der Waals surface area contributed by atoms with Crippen LogP contribution in [0.4, 0.5) is 10.5 Å². The molecule has 2 rings (SSSR count). The number of amides is 2. The van der Waals surface area contributed by atoms with Gasteiger partial charge in [-0.3, -0.25) is 4.90 Å². The summed E-state index contributed by atoms with van der Waals surface area (Å²) >= 11 is 0. The predicted molar refractivity (Wildman–Crippen MR) is 78.8 cm³/mol. The van der Waals surface area contributed by atoms with Crippen LogP contribution >= 0.6 is 0 Å². The number of para-hydroxylation sites is 1. The van der Waals surface area contributed by atoms with Gasteiger partial charge in [0.15, 0.2) is 0 Å². The number of aromatic carboxylic acids is 1. The maximum Gasteiger partial charge on any atom is 0.337 e. The fourth-order valence-electron chi connectivity index (χ4n) is 2.69. The summed E-state index contributed by atoms with van der Waals surface area (Å²) < 4.78 is 5.34. The van der Waals surface area contributed by atoms with Crippen molar-refractivity contribution in [2.75, 3.05) is 19.1 Å². The van der Waals surface area contributed by atoms with Gasteiger partial charge in [-0.05, 0) is 31.4 Å². The minimum Gasteiger partial charge on any atom is -0.478 e. The fourth-order valence-corrected chi connectivity index (χ4v) is 2.69. The molecule has 1 fully saturated rings. The highest BCUT2D eigenvalue weighted by atomic mass is 16.5. The van der Waals surface area contributed by atoms with Gasteiger partial charge in [-0.2, -0.15) is 0 Å². The molecule has 0 bridgehead atoms. The topological polar surface area (TPSA) is 78.9 Å². The Morgan fingerprint density at radius 2 is 2.05 bits per heavy atom. The lowest BCUT2D eigenvalue weighted by atomic mass is 10.1. The number of methoxy groups -OCH3 is 1. The van der Waals surface area contributed by atoms with Crippen molar-refractivity contribution in [1.82, 2.24) is 5.32 Å². The van der Waals surface area contributed by atoms with E-state index in [1.807, 2.05) is 0 Å². The number of ether oxygens (including phenoxy) is 1. The van der Waals surface area contributed by atoms with E-state index in [4.69, 9.17) is 4.74 Å². The van der Waals surface area contributed by atoms with E-state index in [1.54, 1.807) is 32.4 Å². The van der Waals surface area contributed by atoms with E-state index in [0.717, 1.165) is 19.3 Å². The van der Waals surface area contributed by atoms with E-state index in [-0.39, 0.29) is 23.7 Å². The minimum absolute atomic E-state index is 0.0251. The van der Waals surface area contributed by atoms with Crippen molar-refractivity contribution in [1.29, 1.82) is 0 Å². The number of carboxylic acids is 1. The molecule has 2 amide bonds. The molecule has 2 N–H and O–H groups in total. The van der Waals surface area contributed by atoms with Gasteiger partial charge in [0.05, 0.1) is 23.4 Å². The maximum absolute atomic E-state index is 12.3. The van der Waals surface area contributed by atoms with Crippen LogP contribution < -0.4 is 10.2 Å². The minimum atomic E-state index is -1.05. The van der Waals surface area contributed by atoms with E-state index in [9.17, 15) is 14.7 Å². The highest BCUT2D eigenvalue weighted by Crippen LogP contribution is 2.23. The second kappa shape index (κ2) is 6.58. The molecule has 1 aromatic carbocycles. The van der Waals surface area contributed by atoms with E-state index >= 15 is 0 Å². The number of nitrogens with one attached hydrogen (secondary N) is 1. The summed E-state index contributed by atoms with van der Waals surface area (Å²) in [5.41, 5.74) is 0.472. The molecule has 1 aliphatic rings. The lowest BCUT2D eigenvalue weighted by molar-refractivity contribution is 0.0697. The molecule has 1 aromatic rings. The zero-order chi connectivity index (χ0) is 15.4. The van der Waals surface area contributed by atoms with Gasteiger partial charge in [0.1, 0.15) is 0 Å². The van der Waals surface area contributed by atoms with Crippen molar-refractivity contribution in [2.45, 2.75) is 31.4 Å². The molecular weight excluding hydrogens is 272 g/mol. The number of rotatable bonds is 4. The van der Waals surface area contributed by atoms with Crippen LogP contribution in [-0.4, -0.2) is 43.4 Å². The lowest BCUT2D eigenvalue weighted by Gasteiger charge is -2.25. The monoisotopic (exact) mass is 292 g/mol. The van der Waals surface area contributed by atoms with Crippen molar-refractivity contribution in [2.24, 2.45) is 0 Å². The third-order valence-corrected chi connectivity index (χ3v) is 3.86. The van der Waals surface area contributed by atoms with Crippen LogP contribution in [0.5, 0.6) is 0 Å². The Kier molecular flexibility index (Phi) is 4.80. The smallest absolute Gasteiger partial charge is 0.337 e. The second-order valence-corrected chi connectivity index (χ2v) is 5.14. The third kappa shape index (κ3) is 3.33. The first-order valence-corrected chi connectivity index (χ1v) is 6.94. The van der Waals surface area contributed by atoms with Crippen molar-refractivity contribution >= 4 is 17.7 Å². The van der Waals surface area contributed by atoms with Crippen LogP contribution in [-0.2, 0) is 4.74 Å². The van der Waals surface area contributed by atoms with Crippen molar-refractivity contribution in [3.8, 4) is 0 Å². The van der Waals surface area contributed by atoms with Gasteiger partial charge in [-0.25, -0.2) is 9.59 Å². The summed E-state index contributed by atoms with van der Waals surface area (Å²) in [4.78, 5) is 24.8. The number of urea groups is 1. The molecule has 21 heavy (non-hydrogen) atoms. The molecule has 2 atom stereocenters. The van der Waals surface area contributed by atoms with Crippen LogP contribution in [0.3, 0.4) is 0 Å². The van der Waals surface area contributed by atoms with E-state index in [1.165, 1.54) is 11.0 Å². The molecule has 0 aromatic heterocycles. The molecule has 1 aliphatic carbocycles. The number of carbonyl (C=O) groups is 2. The summed E-state index contributed by atoms with van der Waals surface area (Å²) in [5, 5.41) is 12.1. The molecule has 1 saturated carbocycles. The van der Waals surface area contributed by atoms with Gasteiger partial charge < -0.3 is 15.2 Å². The molecule has 6 heteroatoms. The number of anilines is 1. The van der Waals surface area contributed by atoms with E-state index in [0.29, 0.717) is 5.69 Å². The van der Waals surface area contributed by atoms with Crippen molar-refractivity contribution in [3.63, 3.8) is 0 Å². The highest BCUT2D eigenvalue weighted by molar-refractivity contribution is 6.01. The predicted octanol–water partition coefficient (Wildman–Crippen LogP) is 2.10. The molecule has 0 heterocycles. The van der Waals surface area contributed by atoms with Gasteiger partial charge in [-0.1, -0.05) is 12.1 Å². The maximum atomic E-state index is 12.3. The zero-order valence-corrected chi connectivity index (χ0v) is 12.2. The van der Waals surface area contributed by atoms with Gasteiger partial charge in [0.2, 0.25) is 0 Å². The molecular formula is C15H20N2O4. The van der Waals surface area contributed by atoms with Crippen molar-refractivity contribution in [3.05, 3.63) is 29.8 Å². The van der Waals surface area contributed by atoms with E-state index < -0.39 is 5.97 Å². The van der Waals surface area contributed by atoms with Gasteiger partial charge in [0, 0.05) is 14.2 Å². The normalized spacial score (nSPS) is 21.0. The molecule has 0 saturated heterocycles. The summed E-state index contributed by atoms with van der Waals surface area (Å²) in [6, 6.07) is 6.09. The average molecular weight is 292 g/mol. The largest absolute Gasteiger partial charge is 0.478 e. The number of carboxylic acid groups (broad SMARTS) is 1. The first kappa shape index (κ1) is 15.3. The quantitative estimate of drug-likeness (QED) is 0.890. The Morgan fingerprint density at radius 3 is 2.71 bits per heavy atom. The number of hydrogen-bond acceptors (Lipinski definition) is 3. The Hall–Kier alpha value is -2.08. The SMILES string of the molecule is COC1CCCC1NC(=O)N(C)c1ccccc1C(=O)O. The Balaban J connectivity index is 2.11. The first-order chi connectivity index (χ1) is 10.0. The van der Waals surface area contributed by atoms with Crippen LogP contribution in [0.25, 0.3) is 0 Å². The van der Waals surface area contributed by atoms with E-state index in [2.05, 4.69) is 5.32 Å². The first-order valence-electron chi connectivity index (χ1n) is 6.94. The molecule has 0 aliphatic heterocycles. The summed E-state index contributed by atoms with van der Waals surface area (Å²) in [7, 11) is 3.20. The Morgan fingerprint density at radius 1 is 1.33 bits per heavy atom. The summed E-state index contributed by atoms with van der Waals surface area (Å²) in [5.74, 6) is -1.05. The number of benzene rings is 1. The molecule has 114 valence electrons. The van der Waals surface area contributed by atoms with Crippen LogP contribution in [0.2, 0.25) is 0 Å². The average Bonchev–Trinajstić information content (AvgIpc) is 2.93. The standard InChI is InChI=1S/C15H20N2O4/c1-17(12-8-4-3-6-10(12)14(18)19)15(20)16-11-7-5-9-13(11)21-2/h3-4,6,8,11,13H,5,7,9H2,1-2H3,(H,16,20)(H,18,19). The molecule has 2 unspecified atom stereocenters. The van der Waals surface area contributed by atoms with Crippen LogP contribution in [0.15, 0.2) is 24.3 Å².